The molecular formula is C16H25NO2. The Morgan fingerprint density at radius 2 is 1.84 bits per heavy atom. The molecule has 0 aliphatic carbocycles. The van der Waals surface area contributed by atoms with E-state index in [2.05, 4.69) is 36.1 Å². The Labute approximate surface area is 116 Å². The Balaban J connectivity index is 1.55. The number of hydrogen-bond donors (Lipinski definition) is 0. The van der Waals surface area contributed by atoms with Crippen molar-refractivity contribution in [1.29, 1.82) is 0 Å². The summed E-state index contributed by atoms with van der Waals surface area (Å²) in [6.07, 6.45) is 3.40. The van der Waals surface area contributed by atoms with Crippen molar-refractivity contribution >= 4 is 0 Å². The number of ether oxygens (including phenoxy) is 2. The molecule has 1 fully saturated rings. The van der Waals surface area contributed by atoms with E-state index in [1.807, 2.05) is 0 Å². The predicted molar refractivity (Wildman–Crippen MR) is 77.8 cm³/mol. The SMILES string of the molecule is CCc1ccc(OCCCCN2CCOCC2)cc1. The summed E-state index contributed by atoms with van der Waals surface area (Å²) in [5.74, 6) is 0.989. The molecule has 0 N–H and O–H groups in total. The van der Waals surface area contributed by atoms with Gasteiger partial charge < -0.3 is 9.47 Å². The summed E-state index contributed by atoms with van der Waals surface area (Å²) < 4.78 is 11.1. The van der Waals surface area contributed by atoms with Gasteiger partial charge in [0.15, 0.2) is 0 Å². The molecule has 3 nitrogen and oxygen atoms in total. The van der Waals surface area contributed by atoms with Crippen molar-refractivity contribution in [2.45, 2.75) is 26.2 Å². The Morgan fingerprint density at radius 1 is 1.11 bits per heavy atom. The van der Waals surface area contributed by atoms with Crippen LogP contribution < -0.4 is 4.74 Å². The van der Waals surface area contributed by atoms with Crippen LogP contribution in [0.3, 0.4) is 0 Å². The molecule has 0 atom stereocenters. The summed E-state index contributed by atoms with van der Waals surface area (Å²) in [5, 5.41) is 0. The first-order valence-corrected chi connectivity index (χ1v) is 7.40. The van der Waals surface area contributed by atoms with E-state index in [0.29, 0.717) is 0 Å². The van der Waals surface area contributed by atoms with Crippen LogP contribution in [0, 0.1) is 0 Å². The van der Waals surface area contributed by atoms with Crippen LogP contribution in [0.2, 0.25) is 0 Å². The van der Waals surface area contributed by atoms with Crippen LogP contribution in [0.1, 0.15) is 25.3 Å². The zero-order valence-electron chi connectivity index (χ0n) is 11.9. The molecule has 0 aromatic heterocycles. The molecule has 1 aliphatic rings. The van der Waals surface area contributed by atoms with Gasteiger partial charge in [-0.25, -0.2) is 0 Å². The average molecular weight is 263 g/mol. The number of rotatable bonds is 7. The van der Waals surface area contributed by atoms with Gasteiger partial charge in [-0.3, -0.25) is 4.90 Å². The molecule has 19 heavy (non-hydrogen) atoms. The minimum Gasteiger partial charge on any atom is -0.494 e. The monoisotopic (exact) mass is 263 g/mol. The highest BCUT2D eigenvalue weighted by Gasteiger charge is 2.08. The zero-order chi connectivity index (χ0) is 13.3. The van der Waals surface area contributed by atoms with Gasteiger partial charge in [0.1, 0.15) is 5.75 Å². The lowest BCUT2D eigenvalue weighted by atomic mass is 10.2. The van der Waals surface area contributed by atoms with Crippen molar-refractivity contribution in [2.75, 3.05) is 39.5 Å². The Hall–Kier alpha value is -1.06. The van der Waals surface area contributed by atoms with Gasteiger partial charge in [-0.15, -0.1) is 0 Å². The molecule has 0 spiro atoms. The van der Waals surface area contributed by atoms with Gasteiger partial charge >= 0.3 is 0 Å². The Morgan fingerprint density at radius 3 is 2.53 bits per heavy atom. The van der Waals surface area contributed by atoms with Crippen LogP contribution in [0.5, 0.6) is 5.75 Å². The smallest absolute Gasteiger partial charge is 0.119 e. The van der Waals surface area contributed by atoms with E-state index in [9.17, 15) is 0 Å². The number of unbranched alkanes of at least 4 members (excludes halogenated alkanes) is 1. The van der Waals surface area contributed by atoms with E-state index in [0.717, 1.165) is 51.5 Å². The summed E-state index contributed by atoms with van der Waals surface area (Å²) in [5.41, 5.74) is 1.36. The van der Waals surface area contributed by atoms with Crippen molar-refractivity contribution < 1.29 is 9.47 Å². The number of benzene rings is 1. The second-order valence-electron chi connectivity index (χ2n) is 5.01. The zero-order valence-corrected chi connectivity index (χ0v) is 11.9. The first-order chi connectivity index (χ1) is 9.38. The molecule has 1 heterocycles. The predicted octanol–water partition coefficient (Wildman–Crippen LogP) is 2.74. The third kappa shape index (κ3) is 5.21. The van der Waals surface area contributed by atoms with E-state index in [1.54, 1.807) is 0 Å². The Kier molecular flexibility index (Phi) is 6.18. The molecule has 0 saturated carbocycles. The maximum absolute atomic E-state index is 5.75. The average Bonchev–Trinajstić information content (AvgIpc) is 2.49. The molecule has 1 aliphatic heterocycles. The lowest BCUT2D eigenvalue weighted by Gasteiger charge is -2.26. The molecule has 1 aromatic rings. The highest BCUT2D eigenvalue weighted by molar-refractivity contribution is 5.27. The van der Waals surface area contributed by atoms with E-state index in [1.165, 1.54) is 18.5 Å². The van der Waals surface area contributed by atoms with Gasteiger partial charge in [0.2, 0.25) is 0 Å². The first-order valence-electron chi connectivity index (χ1n) is 7.40. The van der Waals surface area contributed by atoms with Crippen LogP contribution in [0.15, 0.2) is 24.3 Å². The molecule has 0 bridgehead atoms. The summed E-state index contributed by atoms with van der Waals surface area (Å²) in [7, 11) is 0. The molecular weight excluding hydrogens is 238 g/mol. The van der Waals surface area contributed by atoms with Crippen molar-refractivity contribution in [3.8, 4) is 5.75 Å². The molecule has 0 unspecified atom stereocenters. The van der Waals surface area contributed by atoms with Crippen LogP contribution in [-0.2, 0) is 11.2 Å². The van der Waals surface area contributed by atoms with Gasteiger partial charge in [-0.2, -0.15) is 0 Å². The van der Waals surface area contributed by atoms with Crippen molar-refractivity contribution in [2.24, 2.45) is 0 Å². The van der Waals surface area contributed by atoms with Crippen LogP contribution in [0.4, 0.5) is 0 Å². The van der Waals surface area contributed by atoms with Gasteiger partial charge in [-0.1, -0.05) is 19.1 Å². The fourth-order valence-electron chi connectivity index (χ4n) is 2.27. The molecule has 0 amide bonds. The van der Waals surface area contributed by atoms with E-state index < -0.39 is 0 Å². The topological polar surface area (TPSA) is 21.7 Å². The lowest BCUT2D eigenvalue weighted by molar-refractivity contribution is 0.0368. The fourth-order valence-corrected chi connectivity index (χ4v) is 2.27. The quantitative estimate of drug-likeness (QED) is 0.706. The van der Waals surface area contributed by atoms with E-state index >= 15 is 0 Å². The number of morpholine rings is 1. The van der Waals surface area contributed by atoms with Gasteiger partial charge in [0.25, 0.3) is 0 Å². The Bertz CT molecular complexity index is 344. The molecule has 106 valence electrons. The van der Waals surface area contributed by atoms with Crippen LogP contribution in [0.25, 0.3) is 0 Å². The second kappa shape index (κ2) is 8.18. The number of nitrogens with zero attached hydrogens (tertiary/aromatic N) is 1. The van der Waals surface area contributed by atoms with E-state index in [4.69, 9.17) is 9.47 Å². The third-order valence-corrected chi connectivity index (χ3v) is 3.57. The van der Waals surface area contributed by atoms with Gasteiger partial charge in [-0.05, 0) is 43.5 Å². The van der Waals surface area contributed by atoms with Crippen molar-refractivity contribution in [1.82, 2.24) is 4.90 Å². The maximum atomic E-state index is 5.75. The lowest BCUT2D eigenvalue weighted by Crippen LogP contribution is -2.36. The third-order valence-electron chi connectivity index (χ3n) is 3.57. The van der Waals surface area contributed by atoms with Crippen molar-refractivity contribution in [3.05, 3.63) is 29.8 Å². The molecule has 2 rings (SSSR count). The molecule has 3 heteroatoms. The van der Waals surface area contributed by atoms with E-state index in [-0.39, 0.29) is 0 Å². The van der Waals surface area contributed by atoms with Crippen LogP contribution in [-0.4, -0.2) is 44.4 Å². The number of aryl methyl sites for hydroxylation is 1. The summed E-state index contributed by atoms with van der Waals surface area (Å²) in [4.78, 5) is 2.47. The van der Waals surface area contributed by atoms with Crippen LogP contribution >= 0.6 is 0 Å². The fraction of sp³-hybridized carbons (Fsp3) is 0.625. The maximum Gasteiger partial charge on any atom is 0.119 e. The summed E-state index contributed by atoms with van der Waals surface area (Å²) >= 11 is 0. The van der Waals surface area contributed by atoms with Gasteiger partial charge in [0, 0.05) is 13.1 Å². The molecule has 0 radical (unpaired) electrons. The largest absolute Gasteiger partial charge is 0.494 e. The minimum absolute atomic E-state index is 0.815. The highest BCUT2D eigenvalue weighted by Crippen LogP contribution is 2.13. The highest BCUT2D eigenvalue weighted by atomic mass is 16.5. The van der Waals surface area contributed by atoms with Crippen molar-refractivity contribution in [3.63, 3.8) is 0 Å². The first kappa shape index (κ1) is 14.4. The molecule has 1 saturated heterocycles. The summed E-state index contributed by atoms with van der Waals surface area (Å²) in [6, 6.07) is 8.42. The minimum atomic E-state index is 0.815. The second-order valence-corrected chi connectivity index (χ2v) is 5.01. The molecule has 1 aromatic carbocycles. The summed E-state index contributed by atoms with van der Waals surface area (Å²) in [6.45, 7) is 8.10. The normalized spacial score (nSPS) is 16.5. The van der Waals surface area contributed by atoms with Gasteiger partial charge in [0.05, 0.1) is 19.8 Å². The standard InChI is InChI=1S/C16H25NO2/c1-2-15-5-7-16(8-6-15)19-12-4-3-9-17-10-13-18-14-11-17/h5-8H,2-4,9-14H2,1H3. The number of hydrogen-bond acceptors (Lipinski definition) is 3.